The molecular weight excluding hydrogens is 313 g/mol. The van der Waals surface area contributed by atoms with Crippen LogP contribution in [0.25, 0.3) is 0 Å². The molecule has 0 radical (unpaired) electrons. The second kappa shape index (κ2) is 7.42. The van der Waals surface area contributed by atoms with Gasteiger partial charge in [-0.2, -0.15) is 4.98 Å². The fourth-order valence-electron chi connectivity index (χ4n) is 2.75. The number of aromatic nitrogens is 2. The second-order valence-corrected chi connectivity index (χ2v) is 5.78. The Bertz CT molecular complexity index is 696. The predicted octanol–water partition coefficient (Wildman–Crippen LogP) is 2.56. The van der Waals surface area contributed by atoms with Gasteiger partial charge in [0, 0.05) is 25.4 Å². The minimum atomic E-state index is -0.466. The Morgan fingerprint density at radius 3 is 2.79 bits per heavy atom. The molecule has 1 aliphatic rings. The zero-order chi connectivity index (χ0) is 16.9. The summed E-state index contributed by atoms with van der Waals surface area (Å²) in [4.78, 5) is 18.3. The maximum absolute atomic E-state index is 13.5. The lowest BCUT2D eigenvalue weighted by Gasteiger charge is -2.30. The number of nitrogens with zero attached hydrogens (tertiary/aromatic N) is 3. The van der Waals surface area contributed by atoms with E-state index in [0.29, 0.717) is 24.8 Å². The average Bonchev–Trinajstić information content (AvgIpc) is 3.10. The number of benzene rings is 1. The fraction of sp³-hybridized carbons (Fsp3) is 0.471. The van der Waals surface area contributed by atoms with Crippen LogP contribution in [0.2, 0.25) is 0 Å². The summed E-state index contributed by atoms with van der Waals surface area (Å²) in [5.41, 5.74) is 0. The maximum Gasteiger partial charge on any atom is 0.260 e. The third-order valence-corrected chi connectivity index (χ3v) is 4.18. The van der Waals surface area contributed by atoms with Crippen LogP contribution < -0.4 is 4.74 Å². The molecule has 0 atom stereocenters. The molecule has 2 heterocycles. The first-order valence-corrected chi connectivity index (χ1v) is 8.15. The first-order chi connectivity index (χ1) is 11.7. The normalized spacial score (nSPS) is 15.5. The van der Waals surface area contributed by atoms with Gasteiger partial charge in [-0.05, 0) is 25.0 Å². The molecule has 7 heteroatoms. The van der Waals surface area contributed by atoms with E-state index in [0.717, 1.165) is 19.3 Å². The van der Waals surface area contributed by atoms with Crippen molar-refractivity contribution in [1.29, 1.82) is 0 Å². The number of rotatable bonds is 5. The van der Waals surface area contributed by atoms with E-state index in [9.17, 15) is 9.18 Å². The maximum atomic E-state index is 13.5. The van der Waals surface area contributed by atoms with E-state index >= 15 is 0 Å². The van der Waals surface area contributed by atoms with Gasteiger partial charge < -0.3 is 14.2 Å². The molecule has 0 unspecified atom stereocenters. The van der Waals surface area contributed by atoms with Gasteiger partial charge in [-0.3, -0.25) is 4.79 Å². The van der Waals surface area contributed by atoms with E-state index in [-0.39, 0.29) is 24.2 Å². The van der Waals surface area contributed by atoms with Crippen molar-refractivity contribution in [3.63, 3.8) is 0 Å². The molecule has 0 spiro atoms. The summed E-state index contributed by atoms with van der Waals surface area (Å²) >= 11 is 0. The van der Waals surface area contributed by atoms with E-state index in [1.807, 2.05) is 6.92 Å². The van der Waals surface area contributed by atoms with Crippen LogP contribution in [-0.4, -0.2) is 40.6 Å². The van der Waals surface area contributed by atoms with Crippen LogP contribution in [0.1, 0.15) is 37.4 Å². The van der Waals surface area contributed by atoms with Crippen LogP contribution >= 0.6 is 0 Å². The highest BCUT2D eigenvalue weighted by atomic mass is 19.1. The largest absolute Gasteiger partial charge is 0.481 e. The quantitative estimate of drug-likeness (QED) is 0.841. The van der Waals surface area contributed by atoms with Crippen molar-refractivity contribution in [3.05, 3.63) is 41.8 Å². The van der Waals surface area contributed by atoms with Gasteiger partial charge in [0.2, 0.25) is 5.89 Å². The van der Waals surface area contributed by atoms with E-state index in [1.54, 1.807) is 17.0 Å². The van der Waals surface area contributed by atoms with Crippen molar-refractivity contribution in [2.75, 3.05) is 19.7 Å². The van der Waals surface area contributed by atoms with Crippen LogP contribution in [0.15, 0.2) is 28.8 Å². The molecule has 2 aromatic rings. The van der Waals surface area contributed by atoms with Gasteiger partial charge in [0.25, 0.3) is 5.91 Å². The summed E-state index contributed by atoms with van der Waals surface area (Å²) in [6, 6.07) is 6.07. The van der Waals surface area contributed by atoms with Crippen molar-refractivity contribution in [1.82, 2.24) is 15.0 Å². The molecule has 1 aromatic carbocycles. The predicted molar refractivity (Wildman–Crippen MR) is 84.1 cm³/mol. The minimum absolute atomic E-state index is 0.0960. The number of hydrogen-bond donors (Lipinski definition) is 0. The van der Waals surface area contributed by atoms with Crippen molar-refractivity contribution >= 4 is 5.91 Å². The number of para-hydroxylation sites is 1. The van der Waals surface area contributed by atoms with Crippen molar-refractivity contribution in [2.45, 2.75) is 32.1 Å². The molecule has 1 amide bonds. The molecule has 1 aliphatic heterocycles. The van der Waals surface area contributed by atoms with E-state index in [4.69, 9.17) is 9.26 Å². The molecule has 0 aliphatic carbocycles. The molecule has 0 saturated carbocycles. The van der Waals surface area contributed by atoms with Gasteiger partial charge in [-0.25, -0.2) is 4.39 Å². The van der Waals surface area contributed by atoms with E-state index < -0.39 is 5.82 Å². The van der Waals surface area contributed by atoms with Gasteiger partial charge in [0.1, 0.15) is 0 Å². The molecule has 3 rings (SSSR count). The first kappa shape index (κ1) is 16.4. The van der Waals surface area contributed by atoms with Crippen LogP contribution in [-0.2, 0) is 11.2 Å². The number of halogens is 1. The van der Waals surface area contributed by atoms with Crippen LogP contribution in [0.4, 0.5) is 4.39 Å². The van der Waals surface area contributed by atoms with Crippen molar-refractivity contribution in [2.24, 2.45) is 0 Å². The SMILES string of the molecule is CCc1noc(C2CCN(C(=O)COc3ccccc3F)CC2)n1. The van der Waals surface area contributed by atoms with Gasteiger partial charge in [0.05, 0.1) is 0 Å². The number of hydrogen-bond acceptors (Lipinski definition) is 5. The van der Waals surface area contributed by atoms with Crippen LogP contribution in [0, 0.1) is 5.82 Å². The van der Waals surface area contributed by atoms with Crippen molar-refractivity contribution in [3.8, 4) is 5.75 Å². The Morgan fingerprint density at radius 1 is 1.38 bits per heavy atom. The molecule has 128 valence electrons. The molecule has 0 bridgehead atoms. The third kappa shape index (κ3) is 3.72. The number of likely N-dealkylation sites (tertiary alicyclic amines) is 1. The fourth-order valence-corrected chi connectivity index (χ4v) is 2.75. The number of carbonyl (C=O) groups is 1. The number of carbonyl (C=O) groups excluding carboxylic acids is 1. The number of aryl methyl sites for hydroxylation is 1. The third-order valence-electron chi connectivity index (χ3n) is 4.18. The highest BCUT2D eigenvalue weighted by molar-refractivity contribution is 5.77. The molecule has 0 N–H and O–H groups in total. The summed E-state index contributed by atoms with van der Waals surface area (Å²) < 4.78 is 24.0. The standard InChI is InChI=1S/C17H20FN3O3/c1-2-15-19-17(24-20-15)12-7-9-21(10-8-12)16(22)11-23-14-6-4-3-5-13(14)18/h3-6,12H,2,7-11H2,1H3. The Hall–Kier alpha value is -2.44. The number of amides is 1. The highest BCUT2D eigenvalue weighted by Crippen LogP contribution is 2.27. The summed E-state index contributed by atoms with van der Waals surface area (Å²) in [7, 11) is 0. The Balaban J connectivity index is 1.49. The zero-order valence-corrected chi connectivity index (χ0v) is 13.6. The van der Waals surface area contributed by atoms with Crippen LogP contribution in [0.3, 0.4) is 0 Å². The lowest BCUT2D eigenvalue weighted by atomic mass is 9.97. The molecule has 1 aromatic heterocycles. The van der Waals surface area contributed by atoms with Crippen molar-refractivity contribution < 1.29 is 18.4 Å². The lowest BCUT2D eigenvalue weighted by Crippen LogP contribution is -2.40. The number of ether oxygens (including phenoxy) is 1. The molecule has 1 fully saturated rings. The number of piperidine rings is 1. The minimum Gasteiger partial charge on any atom is -0.481 e. The van der Waals surface area contributed by atoms with Gasteiger partial charge in [-0.15, -0.1) is 0 Å². The Kier molecular flexibility index (Phi) is 5.08. The summed E-state index contributed by atoms with van der Waals surface area (Å²) in [6.07, 6.45) is 2.29. The van der Waals surface area contributed by atoms with Gasteiger partial charge >= 0.3 is 0 Å². The summed E-state index contributed by atoms with van der Waals surface area (Å²) in [5, 5.41) is 3.91. The summed E-state index contributed by atoms with van der Waals surface area (Å²) in [6.45, 7) is 3.03. The Morgan fingerprint density at radius 2 is 2.12 bits per heavy atom. The monoisotopic (exact) mass is 333 g/mol. The smallest absolute Gasteiger partial charge is 0.260 e. The highest BCUT2D eigenvalue weighted by Gasteiger charge is 2.27. The second-order valence-electron chi connectivity index (χ2n) is 5.78. The van der Waals surface area contributed by atoms with E-state index in [1.165, 1.54) is 12.1 Å². The molecule has 6 nitrogen and oxygen atoms in total. The molecule has 24 heavy (non-hydrogen) atoms. The average molecular weight is 333 g/mol. The first-order valence-electron chi connectivity index (χ1n) is 8.15. The summed E-state index contributed by atoms with van der Waals surface area (Å²) in [5.74, 6) is 1.04. The topological polar surface area (TPSA) is 68.5 Å². The lowest BCUT2D eigenvalue weighted by molar-refractivity contribution is -0.134. The zero-order valence-electron chi connectivity index (χ0n) is 13.6. The van der Waals surface area contributed by atoms with Gasteiger partial charge in [-0.1, -0.05) is 24.2 Å². The molecule has 1 saturated heterocycles. The van der Waals surface area contributed by atoms with Gasteiger partial charge in [0.15, 0.2) is 24.0 Å². The Labute approximate surface area is 139 Å². The van der Waals surface area contributed by atoms with E-state index in [2.05, 4.69) is 10.1 Å². The molecular formula is C17H20FN3O3. The van der Waals surface area contributed by atoms with Crippen LogP contribution in [0.5, 0.6) is 5.75 Å².